The molecule has 0 aliphatic carbocycles. The van der Waals surface area contributed by atoms with E-state index in [4.69, 9.17) is 0 Å². The van der Waals surface area contributed by atoms with Gasteiger partial charge in [0.2, 0.25) is 0 Å². The zero-order valence-corrected chi connectivity index (χ0v) is 4.31. The van der Waals surface area contributed by atoms with Crippen LogP contribution in [0.25, 0.3) is 0 Å². The molecule has 1 rings (SSSR count). The van der Waals surface area contributed by atoms with Crippen LogP contribution in [0.3, 0.4) is 0 Å². The minimum absolute atomic E-state index is 0.00125. The lowest BCUT2D eigenvalue weighted by Gasteiger charge is -2.15. The summed E-state index contributed by atoms with van der Waals surface area (Å²) < 4.78 is 4.25. The Hall–Kier alpha value is -0.690. The quantitative estimate of drug-likeness (QED) is 0.370. The molecule has 9 heavy (non-hydrogen) atoms. The Bertz CT molecular complexity index is 86.3. The summed E-state index contributed by atoms with van der Waals surface area (Å²) in [5, 5.41) is 7.66. The fraction of sp³-hybridized carbons (Fsp3) is 0.667. The molecule has 0 aromatic carbocycles. The zero-order chi connectivity index (χ0) is 6.53. The van der Waals surface area contributed by atoms with E-state index >= 15 is 0 Å². The summed E-state index contributed by atoms with van der Waals surface area (Å²) in [6.07, 6.45) is -0.837. The molecule has 52 valence electrons. The van der Waals surface area contributed by atoms with E-state index in [0.717, 1.165) is 0 Å². The van der Waals surface area contributed by atoms with Crippen LogP contribution in [0.15, 0.2) is 0 Å². The molecule has 1 aliphatic heterocycles. The molecule has 0 aromatic rings. The highest BCUT2D eigenvalue weighted by molar-refractivity contribution is 5.37. The van der Waals surface area contributed by atoms with E-state index in [2.05, 4.69) is 24.6 Å². The Morgan fingerprint density at radius 1 is 1.56 bits per heavy atom. The second-order valence-electron chi connectivity index (χ2n) is 1.18. The molecule has 0 saturated carbocycles. The molecule has 1 atom stereocenters. The van der Waals surface area contributed by atoms with Crippen LogP contribution in [-0.2, 0) is 29.4 Å². The highest BCUT2D eigenvalue weighted by Gasteiger charge is 2.17. The van der Waals surface area contributed by atoms with Crippen molar-refractivity contribution in [1.29, 1.82) is 0 Å². The van der Waals surface area contributed by atoms with E-state index in [1.807, 2.05) is 0 Å². The van der Waals surface area contributed by atoms with Gasteiger partial charge in [-0.3, -0.25) is 4.79 Å². The van der Waals surface area contributed by atoms with E-state index in [1.54, 1.807) is 0 Å². The Morgan fingerprint density at radius 3 is 3.00 bits per heavy atom. The fourth-order valence-electron chi connectivity index (χ4n) is 0.315. The number of hydrogen-bond donors (Lipinski definition) is 0. The molecule has 0 aromatic heterocycles. The van der Waals surface area contributed by atoms with Crippen molar-refractivity contribution in [1.82, 2.24) is 0 Å². The average Bonchev–Trinajstić information content (AvgIpc) is 1.91. The molecule has 0 radical (unpaired) electrons. The van der Waals surface area contributed by atoms with Crippen LogP contribution in [0.1, 0.15) is 0 Å². The highest BCUT2D eigenvalue weighted by Crippen LogP contribution is 2.02. The second kappa shape index (κ2) is 3.36. The molecule has 1 heterocycles. The van der Waals surface area contributed by atoms with E-state index < -0.39 is 6.29 Å². The molecule has 6 heteroatoms. The number of carbonyl (C=O) groups is 1. The largest absolute Gasteiger partial charge is 0.432 e. The smallest absolute Gasteiger partial charge is 0.295 e. The highest BCUT2D eigenvalue weighted by atomic mass is 17.7. The van der Waals surface area contributed by atoms with Gasteiger partial charge in [0.25, 0.3) is 12.8 Å². The Labute approximate surface area is 50.0 Å². The predicted octanol–water partition coefficient (Wildman–Crippen LogP) is -0.690. The van der Waals surface area contributed by atoms with Crippen LogP contribution < -0.4 is 0 Å². The van der Waals surface area contributed by atoms with Crippen molar-refractivity contribution in [2.45, 2.75) is 6.29 Å². The SMILES string of the molecule is O=COC1COOOO1. The third kappa shape index (κ3) is 1.94. The summed E-state index contributed by atoms with van der Waals surface area (Å²) in [6, 6.07) is 0. The van der Waals surface area contributed by atoms with Gasteiger partial charge in [0.05, 0.1) is 0 Å². The molecular weight excluding hydrogens is 132 g/mol. The number of ether oxygens (including phenoxy) is 1. The van der Waals surface area contributed by atoms with Crippen LogP contribution in [0.4, 0.5) is 0 Å². The van der Waals surface area contributed by atoms with Crippen molar-refractivity contribution in [2.75, 3.05) is 6.61 Å². The summed E-state index contributed by atoms with van der Waals surface area (Å²) >= 11 is 0. The topological polar surface area (TPSA) is 63.2 Å². The standard InChI is InChI=1S/C3H4O6/c4-2-5-3-1-6-8-9-7-3/h2-3H,1H2. The summed E-state index contributed by atoms with van der Waals surface area (Å²) in [6.45, 7) is 0.224. The van der Waals surface area contributed by atoms with Gasteiger partial charge >= 0.3 is 0 Å². The Morgan fingerprint density at radius 2 is 2.44 bits per heavy atom. The van der Waals surface area contributed by atoms with Crippen LogP contribution in [-0.4, -0.2) is 19.4 Å². The molecule has 0 bridgehead atoms. The van der Waals surface area contributed by atoms with Crippen LogP contribution in [0.2, 0.25) is 0 Å². The second-order valence-corrected chi connectivity index (χ2v) is 1.18. The van der Waals surface area contributed by atoms with E-state index in [9.17, 15) is 4.79 Å². The van der Waals surface area contributed by atoms with Crippen molar-refractivity contribution in [3.8, 4) is 0 Å². The lowest BCUT2D eigenvalue weighted by Crippen LogP contribution is -2.27. The third-order valence-electron chi connectivity index (χ3n) is 0.634. The maximum atomic E-state index is 9.62. The first-order chi connectivity index (χ1) is 4.43. The van der Waals surface area contributed by atoms with Crippen molar-refractivity contribution in [3.05, 3.63) is 0 Å². The van der Waals surface area contributed by atoms with E-state index in [0.29, 0.717) is 0 Å². The van der Waals surface area contributed by atoms with Gasteiger partial charge in [-0.1, -0.05) is 0 Å². The molecule has 1 fully saturated rings. The third-order valence-corrected chi connectivity index (χ3v) is 0.634. The van der Waals surface area contributed by atoms with E-state index in [1.165, 1.54) is 0 Å². The molecule has 0 amide bonds. The first-order valence-corrected chi connectivity index (χ1v) is 2.14. The molecular formula is C3H4O6. The van der Waals surface area contributed by atoms with Crippen molar-refractivity contribution >= 4 is 6.47 Å². The fourth-order valence-corrected chi connectivity index (χ4v) is 0.315. The van der Waals surface area contributed by atoms with Gasteiger partial charge in [-0.15, -0.1) is 0 Å². The van der Waals surface area contributed by atoms with Crippen molar-refractivity contribution < 1.29 is 29.4 Å². The molecule has 1 saturated heterocycles. The molecule has 0 spiro atoms. The van der Waals surface area contributed by atoms with Gasteiger partial charge < -0.3 is 4.74 Å². The minimum Gasteiger partial charge on any atom is -0.432 e. The van der Waals surface area contributed by atoms with Gasteiger partial charge in [0.1, 0.15) is 0 Å². The lowest BCUT2D eigenvalue weighted by atomic mass is 10.7. The first-order valence-electron chi connectivity index (χ1n) is 2.14. The van der Waals surface area contributed by atoms with Crippen LogP contribution in [0.5, 0.6) is 0 Å². The van der Waals surface area contributed by atoms with Gasteiger partial charge in [-0.2, -0.15) is 9.78 Å². The summed E-state index contributed by atoms with van der Waals surface area (Å²) in [5.41, 5.74) is 0. The average molecular weight is 136 g/mol. The monoisotopic (exact) mass is 136 g/mol. The minimum atomic E-state index is -0.837. The van der Waals surface area contributed by atoms with Gasteiger partial charge in [0, 0.05) is 0 Å². The normalized spacial score (nSPS) is 27.3. The van der Waals surface area contributed by atoms with Crippen LogP contribution in [0, 0.1) is 0 Å². The number of rotatable bonds is 2. The van der Waals surface area contributed by atoms with Gasteiger partial charge in [-0.05, 0) is 10.1 Å². The maximum Gasteiger partial charge on any atom is 0.295 e. The summed E-state index contributed by atoms with van der Waals surface area (Å²) in [7, 11) is 0. The maximum absolute atomic E-state index is 9.62. The summed E-state index contributed by atoms with van der Waals surface area (Å²) in [5.74, 6) is 0. The Kier molecular flexibility index (Phi) is 2.40. The van der Waals surface area contributed by atoms with Crippen molar-refractivity contribution in [3.63, 3.8) is 0 Å². The number of hydrogen-bond acceptors (Lipinski definition) is 6. The van der Waals surface area contributed by atoms with Crippen molar-refractivity contribution in [2.24, 2.45) is 0 Å². The Balaban J connectivity index is 2.15. The molecule has 0 N–H and O–H groups in total. The molecule has 6 nitrogen and oxygen atoms in total. The van der Waals surface area contributed by atoms with E-state index in [-0.39, 0.29) is 13.1 Å². The molecule has 1 unspecified atom stereocenters. The lowest BCUT2D eigenvalue weighted by molar-refractivity contribution is -0.688. The zero-order valence-electron chi connectivity index (χ0n) is 4.31. The van der Waals surface area contributed by atoms with Gasteiger partial charge in [-0.25, -0.2) is 0 Å². The van der Waals surface area contributed by atoms with Gasteiger partial charge in [0.15, 0.2) is 6.61 Å². The molecule has 1 aliphatic rings. The van der Waals surface area contributed by atoms with Crippen LogP contribution >= 0.6 is 0 Å². The first kappa shape index (κ1) is 6.43. The number of carbonyl (C=O) groups excluding carboxylic acids is 1. The predicted molar refractivity (Wildman–Crippen MR) is 20.1 cm³/mol. The summed E-state index contributed by atoms with van der Waals surface area (Å²) in [4.78, 5) is 18.0.